The quantitative estimate of drug-likeness (QED) is 0.555. The summed E-state index contributed by atoms with van der Waals surface area (Å²) in [6, 6.07) is 16.0. The second-order valence-electron chi connectivity index (χ2n) is 9.83. The van der Waals surface area contributed by atoms with Crippen molar-refractivity contribution in [2.75, 3.05) is 76.0 Å². The van der Waals surface area contributed by atoms with Gasteiger partial charge in [-0.15, -0.1) is 0 Å². The lowest BCUT2D eigenvalue weighted by molar-refractivity contribution is 0.0709. The fourth-order valence-electron chi connectivity index (χ4n) is 5.20. The Kier molecular flexibility index (Phi) is 7.85. The highest BCUT2D eigenvalue weighted by molar-refractivity contribution is 5.68. The number of hydrogen-bond donors (Lipinski definition) is 1. The normalized spacial score (nSPS) is 20.6. The van der Waals surface area contributed by atoms with Crippen LogP contribution in [0.3, 0.4) is 0 Å². The van der Waals surface area contributed by atoms with Crippen LogP contribution in [-0.2, 0) is 9.47 Å². The molecular formula is C29H35N5O4. The predicted molar refractivity (Wildman–Crippen MR) is 147 cm³/mol. The molecule has 38 heavy (non-hydrogen) atoms. The van der Waals surface area contributed by atoms with Gasteiger partial charge in [0.1, 0.15) is 24.7 Å². The van der Waals surface area contributed by atoms with Crippen molar-refractivity contribution in [1.29, 1.82) is 0 Å². The van der Waals surface area contributed by atoms with E-state index in [4.69, 9.17) is 23.9 Å². The van der Waals surface area contributed by atoms with Crippen LogP contribution in [-0.4, -0.2) is 86.7 Å². The van der Waals surface area contributed by atoms with Crippen LogP contribution in [0.2, 0.25) is 0 Å². The van der Waals surface area contributed by atoms with Crippen LogP contribution in [0.4, 0.5) is 17.3 Å². The highest BCUT2D eigenvalue weighted by Gasteiger charge is 2.24. The number of nitrogens with zero attached hydrogens (tertiary/aromatic N) is 4. The summed E-state index contributed by atoms with van der Waals surface area (Å²) in [5, 5.41) is 3.36. The Hall–Kier alpha value is -3.40. The highest BCUT2D eigenvalue weighted by Crippen LogP contribution is 2.33. The number of nitrogens with one attached hydrogen (secondary N) is 1. The molecule has 3 aliphatic heterocycles. The summed E-state index contributed by atoms with van der Waals surface area (Å²) in [5.41, 5.74) is 3.76. The minimum atomic E-state index is 0.394. The SMILES string of the molecule is c1cc2cc(c1)-c1ccnc(n1)Nc1ccc(N3CCN(CC4CCCO4)CC3)c(c1)OCCOCCO2. The first-order valence-electron chi connectivity index (χ1n) is 13.6. The lowest BCUT2D eigenvalue weighted by atomic mass is 10.1. The molecule has 6 bridgehead atoms. The Morgan fingerprint density at radius 1 is 0.895 bits per heavy atom. The van der Waals surface area contributed by atoms with E-state index in [9.17, 15) is 0 Å². The molecule has 3 aromatic rings. The van der Waals surface area contributed by atoms with E-state index in [1.807, 2.05) is 36.4 Å². The molecule has 200 valence electrons. The molecule has 6 rings (SSSR count). The smallest absolute Gasteiger partial charge is 0.227 e. The Morgan fingerprint density at radius 2 is 1.79 bits per heavy atom. The summed E-state index contributed by atoms with van der Waals surface area (Å²) in [7, 11) is 0. The van der Waals surface area contributed by atoms with E-state index >= 15 is 0 Å². The zero-order chi connectivity index (χ0) is 25.6. The molecule has 0 aliphatic carbocycles. The molecule has 1 aromatic heterocycles. The van der Waals surface area contributed by atoms with Gasteiger partial charge in [-0.25, -0.2) is 9.97 Å². The Balaban J connectivity index is 1.20. The lowest BCUT2D eigenvalue weighted by Gasteiger charge is -2.37. The van der Waals surface area contributed by atoms with Gasteiger partial charge in [-0.2, -0.15) is 0 Å². The molecule has 3 aliphatic rings. The zero-order valence-electron chi connectivity index (χ0n) is 21.7. The Bertz CT molecular complexity index is 1210. The van der Waals surface area contributed by atoms with Gasteiger partial charge in [0.05, 0.1) is 30.7 Å². The van der Waals surface area contributed by atoms with Crippen molar-refractivity contribution in [2.24, 2.45) is 0 Å². The molecule has 2 aromatic carbocycles. The summed E-state index contributed by atoms with van der Waals surface area (Å²) < 4.78 is 23.8. The largest absolute Gasteiger partial charge is 0.491 e. The first-order chi connectivity index (χ1) is 18.8. The fourth-order valence-corrected chi connectivity index (χ4v) is 5.20. The van der Waals surface area contributed by atoms with Crippen molar-refractivity contribution in [3.63, 3.8) is 0 Å². The average Bonchev–Trinajstić information content (AvgIpc) is 3.46. The predicted octanol–water partition coefficient (Wildman–Crippen LogP) is 3.98. The van der Waals surface area contributed by atoms with Crippen LogP contribution >= 0.6 is 0 Å². The van der Waals surface area contributed by atoms with E-state index in [2.05, 4.69) is 32.2 Å². The van der Waals surface area contributed by atoms with E-state index in [1.54, 1.807) is 6.20 Å². The van der Waals surface area contributed by atoms with Crippen LogP contribution in [0.1, 0.15) is 12.8 Å². The Labute approximate surface area is 223 Å². The molecule has 0 saturated carbocycles. The second-order valence-corrected chi connectivity index (χ2v) is 9.83. The second kappa shape index (κ2) is 12.0. The maximum absolute atomic E-state index is 6.26. The Morgan fingerprint density at radius 3 is 2.66 bits per heavy atom. The molecule has 0 radical (unpaired) electrons. The number of fused-ring (bicyclic) bond motifs is 7. The summed E-state index contributed by atoms with van der Waals surface area (Å²) >= 11 is 0. The van der Waals surface area contributed by atoms with Gasteiger partial charge in [0.15, 0.2) is 0 Å². The molecule has 9 nitrogen and oxygen atoms in total. The number of rotatable bonds is 3. The molecule has 9 heteroatoms. The molecule has 1 N–H and O–H groups in total. The van der Waals surface area contributed by atoms with Crippen LogP contribution < -0.4 is 19.7 Å². The van der Waals surface area contributed by atoms with Gasteiger partial charge in [0.2, 0.25) is 5.95 Å². The van der Waals surface area contributed by atoms with E-state index in [0.29, 0.717) is 38.5 Å². The van der Waals surface area contributed by atoms with Gasteiger partial charge in [0, 0.05) is 62.8 Å². The lowest BCUT2D eigenvalue weighted by Crippen LogP contribution is -2.48. The van der Waals surface area contributed by atoms with Crippen LogP contribution in [0.15, 0.2) is 54.7 Å². The number of benzene rings is 2. The third-order valence-electron chi connectivity index (χ3n) is 7.18. The van der Waals surface area contributed by atoms with Crippen molar-refractivity contribution in [2.45, 2.75) is 18.9 Å². The van der Waals surface area contributed by atoms with Gasteiger partial charge < -0.3 is 29.2 Å². The summed E-state index contributed by atoms with van der Waals surface area (Å²) in [5.74, 6) is 2.14. The molecule has 4 heterocycles. The summed E-state index contributed by atoms with van der Waals surface area (Å²) in [4.78, 5) is 14.1. The molecule has 1 atom stereocenters. The maximum Gasteiger partial charge on any atom is 0.227 e. The van der Waals surface area contributed by atoms with Crippen LogP contribution in [0.25, 0.3) is 11.3 Å². The standard InChI is InChI=1S/C29H35N5O4/c1-3-22-19-24(4-1)37-17-15-35-16-18-38-28-20-23(31-29-30-9-8-26(22)32-29)6-7-27(28)34-12-10-33(11-13-34)21-25-5-2-14-36-25/h1,3-4,6-9,19-20,25H,2,5,10-18,21H2,(H,30,31,32). The molecule has 2 fully saturated rings. The van der Waals surface area contributed by atoms with Crippen molar-refractivity contribution < 1.29 is 18.9 Å². The number of hydrogen-bond acceptors (Lipinski definition) is 9. The summed E-state index contributed by atoms with van der Waals surface area (Å²) in [6.45, 7) is 7.78. The maximum atomic E-state index is 6.26. The van der Waals surface area contributed by atoms with Gasteiger partial charge >= 0.3 is 0 Å². The van der Waals surface area contributed by atoms with Crippen LogP contribution in [0.5, 0.6) is 11.5 Å². The minimum Gasteiger partial charge on any atom is -0.491 e. The van der Waals surface area contributed by atoms with E-state index in [0.717, 1.165) is 73.5 Å². The van der Waals surface area contributed by atoms with E-state index < -0.39 is 0 Å². The van der Waals surface area contributed by atoms with Gasteiger partial charge in [0.25, 0.3) is 0 Å². The molecule has 0 amide bonds. The van der Waals surface area contributed by atoms with Crippen molar-refractivity contribution >= 4 is 17.3 Å². The van der Waals surface area contributed by atoms with Gasteiger partial charge in [-0.05, 0) is 43.2 Å². The summed E-state index contributed by atoms with van der Waals surface area (Å²) in [6.07, 6.45) is 4.53. The van der Waals surface area contributed by atoms with Crippen molar-refractivity contribution in [1.82, 2.24) is 14.9 Å². The number of anilines is 3. The van der Waals surface area contributed by atoms with Crippen molar-refractivity contribution in [3.05, 3.63) is 54.7 Å². The third kappa shape index (κ3) is 6.18. The van der Waals surface area contributed by atoms with Gasteiger partial charge in [-0.1, -0.05) is 12.1 Å². The first-order valence-corrected chi connectivity index (χ1v) is 13.6. The number of piperazine rings is 1. The van der Waals surface area contributed by atoms with E-state index in [1.165, 1.54) is 12.8 Å². The number of ether oxygens (including phenoxy) is 4. The molecular weight excluding hydrogens is 482 g/mol. The van der Waals surface area contributed by atoms with Crippen LogP contribution in [0, 0.1) is 0 Å². The average molecular weight is 518 g/mol. The number of aromatic nitrogens is 2. The van der Waals surface area contributed by atoms with Gasteiger partial charge in [-0.3, -0.25) is 4.90 Å². The van der Waals surface area contributed by atoms with E-state index in [-0.39, 0.29) is 0 Å². The molecule has 2 saturated heterocycles. The molecule has 0 spiro atoms. The zero-order valence-corrected chi connectivity index (χ0v) is 21.7. The van der Waals surface area contributed by atoms with Crippen molar-refractivity contribution in [3.8, 4) is 22.8 Å². The minimum absolute atomic E-state index is 0.394. The fraction of sp³-hybridized carbons (Fsp3) is 0.448. The molecule has 1 unspecified atom stereocenters. The topological polar surface area (TPSA) is 81.2 Å². The first kappa shape index (κ1) is 24.9. The monoisotopic (exact) mass is 517 g/mol. The highest BCUT2D eigenvalue weighted by atomic mass is 16.5. The third-order valence-corrected chi connectivity index (χ3v) is 7.18.